The zero-order valence-electron chi connectivity index (χ0n) is 14.1. The van der Waals surface area contributed by atoms with Gasteiger partial charge in [-0.15, -0.1) is 0 Å². The third-order valence-corrected chi connectivity index (χ3v) is 5.90. The number of hydrogen-bond donors (Lipinski definition) is 0. The lowest BCUT2D eigenvalue weighted by Gasteiger charge is -2.36. The first-order valence-corrected chi connectivity index (χ1v) is 9.68. The maximum Gasteiger partial charge on any atom is 0.308 e. The lowest BCUT2D eigenvalue weighted by Crippen LogP contribution is -2.50. The maximum atomic E-state index is 12.7. The summed E-state index contributed by atoms with van der Waals surface area (Å²) in [6.45, 7) is 2.94. The fourth-order valence-corrected chi connectivity index (χ4v) is 4.28. The van der Waals surface area contributed by atoms with E-state index >= 15 is 0 Å². The highest BCUT2D eigenvalue weighted by Gasteiger charge is 2.22. The number of piperazine rings is 1. The monoisotopic (exact) mass is 387 g/mol. The second kappa shape index (κ2) is 7.13. The van der Waals surface area contributed by atoms with Crippen LogP contribution in [0.25, 0.3) is 10.2 Å². The highest BCUT2D eigenvalue weighted by Crippen LogP contribution is 2.20. The van der Waals surface area contributed by atoms with Gasteiger partial charge in [-0.05, 0) is 36.4 Å². The van der Waals surface area contributed by atoms with Crippen LogP contribution in [0.2, 0.25) is 5.02 Å². The normalized spacial score (nSPS) is 14.8. The molecule has 0 bridgehead atoms. The van der Waals surface area contributed by atoms with E-state index in [9.17, 15) is 9.59 Å². The van der Waals surface area contributed by atoms with Gasteiger partial charge in [-0.2, -0.15) is 0 Å². The highest BCUT2D eigenvalue weighted by atomic mass is 35.5. The van der Waals surface area contributed by atoms with E-state index in [1.165, 1.54) is 11.3 Å². The second-order valence-electron chi connectivity index (χ2n) is 6.27. The van der Waals surface area contributed by atoms with Crippen LogP contribution in [0, 0.1) is 0 Å². The van der Waals surface area contributed by atoms with Crippen LogP contribution >= 0.6 is 22.9 Å². The molecule has 2 aromatic carbocycles. The van der Waals surface area contributed by atoms with Crippen LogP contribution in [0.5, 0.6) is 0 Å². The van der Waals surface area contributed by atoms with Gasteiger partial charge in [0.25, 0.3) is 0 Å². The lowest BCUT2D eigenvalue weighted by molar-refractivity contribution is -0.132. The van der Waals surface area contributed by atoms with Crippen molar-refractivity contribution < 1.29 is 4.79 Å². The number of para-hydroxylation sites is 1. The fraction of sp³-hybridized carbons (Fsp3) is 0.263. The van der Waals surface area contributed by atoms with E-state index in [-0.39, 0.29) is 17.3 Å². The number of halogens is 1. The molecule has 0 N–H and O–H groups in total. The van der Waals surface area contributed by atoms with E-state index < -0.39 is 0 Å². The summed E-state index contributed by atoms with van der Waals surface area (Å²) in [5.74, 6) is -0.00795. The molecule has 0 atom stereocenters. The molecule has 1 saturated heterocycles. The molecule has 0 radical (unpaired) electrons. The minimum Gasteiger partial charge on any atom is -0.368 e. The molecule has 1 aliphatic heterocycles. The van der Waals surface area contributed by atoms with E-state index in [1.807, 2.05) is 53.4 Å². The SMILES string of the molecule is O=C(Cn1c(=O)sc2ccccc21)N1CCN(c2ccc(Cl)cc2)CC1. The molecule has 0 unspecified atom stereocenters. The Labute approximate surface area is 160 Å². The number of amides is 1. The van der Waals surface area contributed by atoms with Crippen LogP contribution in [0.15, 0.2) is 53.3 Å². The number of thiazole rings is 1. The number of rotatable bonds is 3. The van der Waals surface area contributed by atoms with Gasteiger partial charge in [0, 0.05) is 36.9 Å². The number of anilines is 1. The number of fused-ring (bicyclic) bond motifs is 1. The van der Waals surface area contributed by atoms with Crippen LogP contribution in [-0.4, -0.2) is 41.6 Å². The van der Waals surface area contributed by atoms with Crippen molar-refractivity contribution >= 4 is 44.7 Å². The number of carbonyl (C=O) groups excluding carboxylic acids is 1. The molecule has 4 rings (SSSR count). The molecule has 1 fully saturated rings. The molecule has 0 spiro atoms. The molecule has 0 aliphatic carbocycles. The Kier molecular flexibility index (Phi) is 4.70. The first-order valence-electron chi connectivity index (χ1n) is 8.48. The molecule has 5 nitrogen and oxygen atoms in total. The van der Waals surface area contributed by atoms with E-state index in [0.717, 1.165) is 34.0 Å². The van der Waals surface area contributed by atoms with Crippen LogP contribution in [-0.2, 0) is 11.3 Å². The van der Waals surface area contributed by atoms with Gasteiger partial charge in [0.1, 0.15) is 6.54 Å². The van der Waals surface area contributed by atoms with Crippen molar-refractivity contribution in [3.63, 3.8) is 0 Å². The Balaban J connectivity index is 1.43. The van der Waals surface area contributed by atoms with Crippen molar-refractivity contribution in [1.29, 1.82) is 0 Å². The Morgan fingerprint density at radius 2 is 1.69 bits per heavy atom. The van der Waals surface area contributed by atoms with Gasteiger partial charge in [0.05, 0.1) is 10.2 Å². The highest BCUT2D eigenvalue weighted by molar-refractivity contribution is 7.16. The quantitative estimate of drug-likeness (QED) is 0.693. The van der Waals surface area contributed by atoms with E-state index in [0.29, 0.717) is 13.1 Å². The molecule has 1 aliphatic rings. The Hall–Kier alpha value is -2.31. The summed E-state index contributed by atoms with van der Waals surface area (Å²) >= 11 is 7.12. The Morgan fingerprint density at radius 3 is 2.42 bits per heavy atom. The minimum atomic E-state index is -0.0839. The van der Waals surface area contributed by atoms with Crippen molar-refractivity contribution in [2.24, 2.45) is 0 Å². The van der Waals surface area contributed by atoms with Gasteiger partial charge >= 0.3 is 4.87 Å². The summed E-state index contributed by atoms with van der Waals surface area (Å²) in [4.78, 5) is 28.9. The average Bonchev–Trinajstić information content (AvgIpc) is 2.98. The van der Waals surface area contributed by atoms with E-state index in [2.05, 4.69) is 4.90 Å². The number of aromatic nitrogens is 1. The summed E-state index contributed by atoms with van der Waals surface area (Å²) in [5, 5.41) is 0.719. The zero-order valence-corrected chi connectivity index (χ0v) is 15.7. The largest absolute Gasteiger partial charge is 0.368 e. The van der Waals surface area contributed by atoms with E-state index in [4.69, 9.17) is 11.6 Å². The predicted octanol–water partition coefficient (Wildman–Crippen LogP) is 3.07. The summed E-state index contributed by atoms with van der Waals surface area (Å²) in [6.07, 6.45) is 0. The van der Waals surface area contributed by atoms with Crippen molar-refractivity contribution in [2.75, 3.05) is 31.1 Å². The van der Waals surface area contributed by atoms with Gasteiger partial charge in [-0.3, -0.25) is 14.2 Å². The molecule has 0 saturated carbocycles. The smallest absolute Gasteiger partial charge is 0.308 e. The third kappa shape index (κ3) is 3.34. The number of nitrogens with zero attached hydrogens (tertiary/aromatic N) is 3. The topological polar surface area (TPSA) is 45.6 Å². The summed E-state index contributed by atoms with van der Waals surface area (Å²) < 4.78 is 2.49. The lowest BCUT2D eigenvalue weighted by atomic mass is 10.2. The Morgan fingerprint density at radius 1 is 1.00 bits per heavy atom. The van der Waals surface area contributed by atoms with Crippen molar-refractivity contribution in [2.45, 2.75) is 6.54 Å². The zero-order chi connectivity index (χ0) is 18.1. The first-order chi connectivity index (χ1) is 12.6. The average molecular weight is 388 g/mol. The number of carbonyl (C=O) groups is 1. The summed E-state index contributed by atoms with van der Waals surface area (Å²) in [5.41, 5.74) is 1.94. The summed E-state index contributed by atoms with van der Waals surface area (Å²) in [7, 11) is 0. The standard InChI is InChI=1S/C19H18ClN3O2S/c20-14-5-7-15(8-6-14)21-9-11-22(12-10-21)18(24)13-23-16-3-1-2-4-17(16)26-19(23)25/h1-8H,9-13H2. The van der Waals surface area contributed by atoms with Crippen LogP contribution in [0.3, 0.4) is 0 Å². The molecule has 26 heavy (non-hydrogen) atoms. The van der Waals surface area contributed by atoms with Crippen molar-refractivity contribution in [3.05, 3.63) is 63.2 Å². The maximum absolute atomic E-state index is 12.7. The molecule has 3 aromatic rings. The van der Waals surface area contributed by atoms with Crippen LogP contribution in [0.1, 0.15) is 0 Å². The molecule has 1 aromatic heterocycles. The van der Waals surface area contributed by atoms with E-state index in [1.54, 1.807) is 4.57 Å². The predicted molar refractivity (Wildman–Crippen MR) is 106 cm³/mol. The summed E-state index contributed by atoms with van der Waals surface area (Å²) in [6, 6.07) is 15.3. The molecule has 2 heterocycles. The van der Waals surface area contributed by atoms with Gasteiger partial charge in [-0.1, -0.05) is 35.1 Å². The third-order valence-electron chi connectivity index (χ3n) is 4.69. The van der Waals surface area contributed by atoms with Gasteiger partial charge < -0.3 is 9.80 Å². The molecule has 134 valence electrons. The first kappa shape index (κ1) is 17.1. The number of hydrogen-bond acceptors (Lipinski definition) is 4. The van der Waals surface area contributed by atoms with Gasteiger partial charge in [-0.25, -0.2) is 0 Å². The van der Waals surface area contributed by atoms with Gasteiger partial charge in [0.15, 0.2) is 0 Å². The van der Waals surface area contributed by atoms with Crippen molar-refractivity contribution in [1.82, 2.24) is 9.47 Å². The fourth-order valence-electron chi connectivity index (χ4n) is 3.26. The Bertz CT molecular complexity index is 988. The molecule has 7 heteroatoms. The number of benzene rings is 2. The van der Waals surface area contributed by atoms with Crippen molar-refractivity contribution in [3.8, 4) is 0 Å². The molecule has 1 amide bonds. The van der Waals surface area contributed by atoms with Crippen LogP contribution in [0.4, 0.5) is 5.69 Å². The minimum absolute atomic E-state index is 0.00795. The van der Waals surface area contributed by atoms with Crippen LogP contribution < -0.4 is 9.77 Å². The second-order valence-corrected chi connectivity index (χ2v) is 7.70. The van der Waals surface area contributed by atoms with Gasteiger partial charge in [0.2, 0.25) is 5.91 Å². The molecular weight excluding hydrogens is 370 g/mol. The molecular formula is C19H18ClN3O2S.